The van der Waals surface area contributed by atoms with Gasteiger partial charge in [0.25, 0.3) is 0 Å². The van der Waals surface area contributed by atoms with Gasteiger partial charge in [-0.3, -0.25) is 14.4 Å². The number of hydrogen-bond donors (Lipinski definition) is 1. The van der Waals surface area contributed by atoms with E-state index in [1.807, 2.05) is 27.7 Å². The average Bonchev–Trinajstić information content (AvgIpc) is 3.46. The van der Waals surface area contributed by atoms with Gasteiger partial charge in [0.1, 0.15) is 18.0 Å². The quantitative estimate of drug-likeness (QED) is 0.304. The highest BCUT2D eigenvalue weighted by Crippen LogP contribution is 2.71. The molecular weight excluding hydrogens is 528 g/mol. The lowest BCUT2D eigenvalue weighted by molar-refractivity contribution is -0.278. The van der Waals surface area contributed by atoms with Crippen LogP contribution in [0.3, 0.4) is 0 Å². The van der Waals surface area contributed by atoms with Crippen LogP contribution in [0.4, 0.5) is 0 Å². The molecule has 1 saturated heterocycles. The van der Waals surface area contributed by atoms with Gasteiger partial charge in [-0.05, 0) is 45.1 Å². The number of hydrogen-bond acceptors (Lipinski definition) is 9. The molecule has 9 nitrogen and oxygen atoms in total. The Labute approximate surface area is 241 Å². The van der Waals surface area contributed by atoms with Crippen LogP contribution in [-0.4, -0.2) is 47.6 Å². The van der Waals surface area contributed by atoms with Crippen molar-refractivity contribution in [1.29, 1.82) is 0 Å². The van der Waals surface area contributed by atoms with Crippen molar-refractivity contribution < 1.29 is 42.9 Å². The molecule has 0 amide bonds. The van der Waals surface area contributed by atoms with Crippen molar-refractivity contribution >= 4 is 23.7 Å². The summed E-state index contributed by atoms with van der Waals surface area (Å²) in [5.74, 6) is -3.98. The number of Topliss-reactive ketones (excluding diaryl/α,β-unsaturated/α-hetero) is 1. The fraction of sp³-hybridized carbons (Fsp3) is 0.688. The van der Waals surface area contributed by atoms with Gasteiger partial charge in [-0.15, -0.1) is 0 Å². The van der Waals surface area contributed by atoms with Gasteiger partial charge < -0.3 is 23.7 Å². The first-order valence-electron chi connectivity index (χ1n) is 14.5. The van der Waals surface area contributed by atoms with E-state index in [0.29, 0.717) is 18.4 Å². The van der Waals surface area contributed by atoms with E-state index in [1.54, 1.807) is 32.3 Å². The highest BCUT2D eigenvalue weighted by molar-refractivity contribution is 5.93. The summed E-state index contributed by atoms with van der Waals surface area (Å²) in [7, 11) is 1.31. The average molecular weight is 571 g/mol. The van der Waals surface area contributed by atoms with Crippen molar-refractivity contribution in [2.45, 2.75) is 91.5 Å². The zero-order valence-corrected chi connectivity index (χ0v) is 25.0. The summed E-state index contributed by atoms with van der Waals surface area (Å²) in [5, 5.41) is 12.9. The normalized spacial score (nSPS) is 41.5. The third-order valence-corrected chi connectivity index (χ3v) is 11.5. The number of rotatable bonds is 5. The number of furan rings is 1. The van der Waals surface area contributed by atoms with E-state index in [4.69, 9.17) is 18.6 Å². The second-order valence-electron chi connectivity index (χ2n) is 13.7. The van der Waals surface area contributed by atoms with Gasteiger partial charge in [0.15, 0.2) is 0 Å². The molecule has 3 aliphatic carbocycles. The van der Waals surface area contributed by atoms with Crippen molar-refractivity contribution in [3.8, 4) is 0 Å². The Kier molecular flexibility index (Phi) is 7.08. The van der Waals surface area contributed by atoms with Crippen molar-refractivity contribution in [2.24, 2.45) is 39.9 Å². The summed E-state index contributed by atoms with van der Waals surface area (Å²) in [6.45, 7) is 11.2. The third kappa shape index (κ3) is 4.13. The molecular formula is C32H42O9. The summed E-state index contributed by atoms with van der Waals surface area (Å²) in [4.78, 5) is 53.5. The molecule has 4 fully saturated rings. The van der Waals surface area contributed by atoms with Crippen molar-refractivity contribution in [2.75, 3.05) is 7.11 Å². The minimum absolute atomic E-state index is 0.00202. The number of methoxy groups -OCH3 is 1. The maximum Gasteiger partial charge on any atom is 0.333 e. The smallest absolute Gasteiger partial charge is 0.333 e. The molecule has 0 spiro atoms. The van der Waals surface area contributed by atoms with E-state index in [1.165, 1.54) is 13.4 Å². The van der Waals surface area contributed by atoms with Gasteiger partial charge in [0.05, 0.1) is 37.6 Å². The number of ketones is 1. The van der Waals surface area contributed by atoms with E-state index in [2.05, 4.69) is 0 Å². The monoisotopic (exact) mass is 570 g/mol. The molecule has 2 bridgehead atoms. The second-order valence-corrected chi connectivity index (χ2v) is 13.7. The first-order valence-corrected chi connectivity index (χ1v) is 14.5. The number of carbonyl (C=O) groups excluding carboxylic acids is 4. The third-order valence-electron chi connectivity index (χ3n) is 11.5. The number of cyclic esters (lactones) is 1. The highest BCUT2D eigenvalue weighted by atomic mass is 16.6. The molecule has 1 aromatic heterocycles. The van der Waals surface area contributed by atoms with Crippen LogP contribution in [-0.2, 0) is 33.4 Å². The minimum Gasteiger partial charge on any atom is -0.472 e. The summed E-state index contributed by atoms with van der Waals surface area (Å²) in [6, 6.07) is 1.77. The number of aliphatic hydroxyl groups is 1. The summed E-state index contributed by atoms with van der Waals surface area (Å²) in [6.07, 6.45) is 4.34. The Balaban J connectivity index is 1.66. The maximum atomic E-state index is 14.5. The molecule has 0 unspecified atom stereocenters. The predicted molar refractivity (Wildman–Crippen MR) is 146 cm³/mol. The SMILES string of the molecule is C/C=C(\C)C(=O)O[C@@H]1[C@H]2C[C@]3(O)[C@@H]4CC(=O)O[C@@H](c5ccoc5)[C@]4(C)CC[C@@H]3[C@@](C)(C2=O)[C@@H](CC(=O)OC)C1(C)C. The van der Waals surface area contributed by atoms with Gasteiger partial charge >= 0.3 is 17.9 Å². The Morgan fingerprint density at radius 2 is 1.88 bits per heavy atom. The molecule has 1 aromatic rings. The Morgan fingerprint density at radius 3 is 2.49 bits per heavy atom. The van der Waals surface area contributed by atoms with Crippen LogP contribution in [0, 0.1) is 39.9 Å². The number of esters is 3. The first-order chi connectivity index (χ1) is 19.2. The lowest BCUT2D eigenvalue weighted by atomic mass is 9.36. The standard InChI is InChI=1S/C32H42O9/c1-8-17(2)28(36)41-27-19-15-32(37)20(31(6,25(19)35)21(29(27,3)4)13-23(33)38-7)9-11-30(5)22(32)14-24(34)40-26(30)18-10-12-39-16-18/h8,10,12,16,19-22,26-27,37H,9,11,13-15H2,1-7H3/b17-8+/t19-,20+,21-,22+,26-,27+,30+,31+,32+/m0/s1. The number of ether oxygens (including phenoxy) is 3. The summed E-state index contributed by atoms with van der Waals surface area (Å²) < 4.78 is 22.4. The fourth-order valence-corrected chi connectivity index (χ4v) is 9.32. The molecule has 41 heavy (non-hydrogen) atoms. The van der Waals surface area contributed by atoms with Crippen LogP contribution >= 0.6 is 0 Å². The molecule has 3 saturated carbocycles. The first kappa shape index (κ1) is 29.5. The predicted octanol–water partition coefficient (Wildman–Crippen LogP) is 4.72. The lowest BCUT2D eigenvalue weighted by Crippen LogP contribution is -2.75. The second kappa shape index (κ2) is 9.82. The van der Waals surface area contributed by atoms with Gasteiger partial charge in [-0.1, -0.05) is 33.8 Å². The van der Waals surface area contributed by atoms with Crippen molar-refractivity contribution in [3.63, 3.8) is 0 Å². The lowest BCUT2D eigenvalue weighted by Gasteiger charge is -2.69. The largest absolute Gasteiger partial charge is 0.472 e. The van der Waals surface area contributed by atoms with Gasteiger partial charge in [-0.25, -0.2) is 4.79 Å². The van der Waals surface area contributed by atoms with Crippen LogP contribution in [0.5, 0.6) is 0 Å². The molecule has 0 aromatic carbocycles. The van der Waals surface area contributed by atoms with Crippen molar-refractivity contribution in [1.82, 2.24) is 0 Å². The number of allylic oxidation sites excluding steroid dienone is 1. The van der Waals surface area contributed by atoms with E-state index in [-0.39, 0.29) is 25.0 Å². The zero-order chi connectivity index (χ0) is 30.1. The molecule has 9 atom stereocenters. The molecule has 4 aliphatic rings. The zero-order valence-electron chi connectivity index (χ0n) is 25.0. The molecule has 2 heterocycles. The molecule has 0 radical (unpaired) electrons. The van der Waals surface area contributed by atoms with Crippen LogP contribution < -0.4 is 0 Å². The number of fused-ring (bicyclic) bond motifs is 6. The van der Waals surface area contributed by atoms with Gasteiger partial charge in [0, 0.05) is 45.6 Å². The van der Waals surface area contributed by atoms with Crippen LogP contribution in [0.2, 0.25) is 0 Å². The molecule has 9 heteroatoms. The van der Waals surface area contributed by atoms with Crippen molar-refractivity contribution in [3.05, 3.63) is 35.8 Å². The van der Waals surface area contributed by atoms with Crippen LogP contribution in [0.25, 0.3) is 0 Å². The minimum atomic E-state index is -1.45. The molecule has 5 rings (SSSR count). The van der Waals surface area contributed by atoms with E-state index >= 15 is 0 Å². The summed E-state index contributed by atoms with van der Waals surface area (Å²) >= 11 is 0. The van der Waals surface area contributed by atoms with Crippen LogP contribution in [0.1, 0.15) is 85.3 Å². The molecule has 1 aliphatic heterocycles. The van der Waals surface area contributed by atoms with Gasteiger partial charge in [0.2, 0.25) is 0 Å². The topological polar surface area (TPSA) is 129 Å². The number of carbonyl (C=O) groups is 4. The summed E-state index contributed by atoms with van der Waals surface area (Å²) in [5.41, 5.74) is -2.87. The Hall–Kier alpha value is -2.94. The maximum absolute atomic E-state index is 14.5. The Bertz CT molecular complexity index is 1280. The molecule has 224 valence electrons. The van der Waals surface area contributed by atoms with E-state index in [0.717, 1.165) is 5.56 Å². The van der Waals surface area contributed by atoms with Crippen LogP contribution in [0.15, 0.2) is 34.7 Å². The van der Waals surface area contributed by atoms with E-state index in [9.17, 15) is 24.3 Å². The molecule has 1 N–H and O–H groups in total. The van der Waals surface area contributed by atoms with Gasteiger partial charge in [-0.2, -0.15) is 0 Å². The fourth-order valence-electron chi connectivity index (χ4n) is 9.32. The van der Waals surface area contributed by atoms with E-state index < -0.39 is 75.6 Å². The Morgan fingerprint density at radius 1 is 1.17 bits per heavy atom. The highest BCUT2D eigenvalue weighted by Gasteiger charge is 2.75.